The number of hydrogen-bond acceptors (Lipinski definition) is 3. The molecule has 2 aliphatic rings. The van der Waals surface area contributed by atoms with Gasteiger partial charge in [0, 0.05) is 10.9 Å². The number of hydrogen-bond donors (Lipinski definition) is 2. The first-order valence-electron chi connectivity index (χ1n) is 9.29. The van der Waals surface area contributed by atoms with Gasteiger partial charge in [0.15, 0.2) is 5.58 Å². The van der Waals surface area contributed by atoms with Crippen molar-refractivity contribution >= 4 is 11.0 Å². The minimum atomic E-state index is -0.203. The highest BCUT2D eigenvalue weighted by molar-refractivity contribution is 5.86. The fourth-order valence-corrected chi connectivity index (χ4v) is 4.47. The van der Waals surface area contributed by atoms with Crippen molar-refractivity contribution in [2.45, 2.75) is 64.5 Å². The van der Waals surface area contributed by atoms with Crippen LogP contribution < -0.4 is 10.5 Å². The number of benzene rings is 1. The van der Waals surface area contributed by atoms with E-state index in [0.29, 0.717) is 11.6 Å². The molecule has 0 radical (unpaired) electrons. The molecule has 24 heavy (non-hydrogen) atoms. The highest BCUT2D eigenvalue weighted by Gasteiger charge is 2.26. The van der Waals surface area contributed by atoms with Crippen LogP contribution in [-0.4, -0.2) is 17.7 Å². The van der Waals surface area contributed by atoms with Crippen LogP contribution in [0.3, 0.4) is 0 Å². The Morgan fingerprint density at radius 2 is 1.96 bits per heavy atom. The summed E-state index contributed by atoms with van der Waals surface area (Å²) in [6.45, 7) is 4.12. The van der Waals surface area contributed by atoms with E-state index in [2.05, 4.69) is 6.92 Å². The Morgan fingerprint density at radius 1 is 1.17 bits per heavy atom. The summed E-state index contributed by atoms with van der Waals surface area (Å²) < 4.78 is 5.72. The van der Waals surface area contributed by atoms with E-state index in [9.17, 15) is 9.90 Å². The predicted octanol–water partition coefficient (Wildman–Crippen LogP) is 2.33. The molecule has 0 bridgehead atoms. The lowest BCUT2D eigenvalue weighted by Crippen LogP contribution is -3.14. The molecule has 2 aromatic rings. The van der Waals surface area contributed by atoms with Gasteiger partial charge in [-0.1, -0.05) is 0 Å². The van der Waals surface area contributed by atoms with Crippen LogP contribution in [0.5, 0.6) is 5.75 Å². The van der Waals surface area contributed by atoms with Gasteiger partial charge in [-0.05, 0) is 69.6 Å². The summed E-state index contributed by atoms with van der Waals surface area (Å²) >= 11 is 0. The van der Waals surface area contributed by atoms with Crippen LogP contribution in [0, 0.1) is 0 Å². The van der Waals surface area contributed by atoms with Gasteiger partial charge < -0.3 is 14.4 Å². The molecule has 2 N–H and O–H groups in total. The molecule has 0 spiro atoms. The zero-order valence-corrected chi connectivity index (χ0v) is 14.4. The van der Waals surface area contributed by atoms with Crippen LogP contribution in [0.2, 0.25) is 0 Å². The zero-order chi connectivity index (χ0) is 16.7. The molecule has 1 fully saturated rings. The molecule has 1 aromatic carbocycles. The van der Waals surface area contributed by atoms with E-state index in [1.807, 2.05) is 6.07 Å². The maximum Gasteiger partial charge on any atom is 0.339 e. The topological polar surface area (TPSA) is 54.9 Å². The summed E-state index contributed by atoms with van der Waals surface area (Å²) in [7, 11) is 0. The molecule has 0 amide bonds. The fourth-order valence-electron chi connectivity index (χ4n) is 4.47. The third kappa shape index (κ3) is 2.63. The number of quaternary nitrogens is 1. The van der Waals surface area contributed by atoms with E-state index in [4.69, 9.17) is 4.42 Å². The van der Waals surface area contributed by atoms with Gasteiger partial charge in [0.05, 0.1) is 18.2 Å². The molecule has 128 valence electrons. The van der Waals surface area contributed by atoms with Crippen molar-refractivity contribution < 1.29 is 14.4 Å². The largest absolute Gasteiger partial charge is 0.507 e. The van der Waals surface area contributed by atoms with Gasteiger partial charge in [-0.15, -0.1) is 0 Å². The van der Waals surface area contributed by atoms with E-state index in [0.717, 1.165) is 60.8 Å². The van der Waals surface area contributed by atoms with Gasteiger partial charge in [0.2, 0.25) is 0 Å². The highest BCUT2D eigenvalue weighted by atomic mass is 16.4. The average Bonchev–Trinajstić information content (AvgIpc) is 2.59. The number of piperidine rings is 1. The SMILES string of the molecule is C[C@H]1CCCC[NH+]1Cc1c(O)ccc2c3c(c(=O)oc12)CCCC3. The Bertz CT molecular complexity index is 824. The fraction of sp³-hybridized carbons (Fsp3) is 0.550. The minimum Gasteiger partial charge on any atom is -0.507 e. The van der Waals surface area contributed by atoms with Crippen LogP contribution in [-0.2, 0) is 19.4 Å². The van der Waals surface area contributed by atoms with Crippen molar-refractivity contribution in [3.05, 3.63) is 39.2 Å². The van der Waals surface area contributed by atoms with Crippen LogP contribution in [0.4, 0.5) is 0 Å². The minimum absolute atomic E-state index is 0.203. The number of fused-ring (bicyclic) bond motifs is 3. The summed E-state index contributed by atoms with van der Waals surface area (Å²) in [5.74, 6) is 0.256. The number of rotatable bonds is 2. The lowest BCUT2D eigenvalue weighted by Gasteiger charge is -2.30. The monoisotopic (exact) mass is 328 g/mol. The molecule has 0 saturated carbocycles. The first kappa shape index (κ1) is 15.7. The van der Waals surface area contributed by atoms with Gasteiger partial charge in [-0.2, -0.15) is 0 Å². The molecule has 1 aliphatic carbocycles. The molecule has 2 atom stereocenters. The van der Waals surface area contributed by atoms with Crippen molar-refractivity contribution in [2.24, 2.45) is 0 Å². The number of aryl methyl sites for hydroxylation is 1. The van der Waals surface area contributed by atoms with E-state index >= 15 is 0 Å². The lowest BCUT2D eigenvalue weighted by atomic mass is 9.90. The summed E-state index contributed by atoms with van der Waals surface area (Å²) in [5, 5.41) is 11.5. The Kier molecular flexibility index (Phi) is 4.09. The van der Waals surface area contributed by atoms with Crippen molar-refractivity contribution in [2.75, 3.05) is 6.54 Å². The molecule has 1 aliphatic heterocycles. The smallest absolute Gasteiger partial charge is 0.339 e. The van der Waals surface area contributed by atoms with E-state index < -0.39 is 0 Å². The van der Waals surface area contributed by atoms with Gasteiger partial charge in [0.1, 0.15) is 12.3 Å². The van der Waals surface area contributed by atoms with Crippen molar-refractivity contribution in [1.82, 2.24) is 0 Å². The summed E-state index contributed by atoms with van der Waals surface area (Å²) in [5.41, 5.74) is 3.22. The van der Waals surface area contributed by atoms with Crippen molar-refractivity contribution in [3.8, 4) is 5.75 Å². The molecule has 4 heteroatoms. The van der Waals surface area contributed by atoms with Crippen LogP contribution in [0.25, 0.3) is 11.0 Å². The molecule has 4 rings (SSSR count). The third-order valence-electron chi connectivity index (χ3n) is 5.96. The number of phenols is 1. The first-order chi connectivity index (χ1) is 11.6. The standard InChI is InChI=1S/C20H25NO3/c1-13-6-4-5-11-21(13)12-17-18(22)10-9-15-14-7-2-3-8-16(14)20(23)24-19(15)17/h9-10,13,22H,2-8,11-12H2,1H3/p+1/t13-/m0/s1. The number of nitrogens with one attached hydrogen (secondary N) is 1. The molecular formula is C20H26NO3+. The Morgan fingerprint density at radius 3 is 2.75 bits per heavy atom. The van der Waals surface area contributed by atoms with Crippen LogP contribution in [0.1, 0.15) is 55.7 Å². The number of likely N-dealkylation sites (tertiary alicyclic amines) is 1. The van der Waals surface area contributed by atoms with Crippen LogP contribution >= 0.6 is 0 Å². The van der Waals surface area contributed by atoms with Gasteiger partial charge in [-0.25, -0.2) is 4.79 Å². The quantitative estimate of drug-likeness (QED) is 0.832. The first-order valence-corrected chi connectivity index (χ1v) is 9.29. The molecule has 1 unspecified atom stereocenters. The average molecular weight is 328 g/mol. The zero-order valence-electron chi connectivity index (χ0n) is 14.4. The van der Waals surface area contributed by atoms with Crippen molar-refractivity contribution in [3.63, 3.8) is 0 Å². The van der Waals surface area contributed by atoms with E-state index in [1.165, 1.54) is 24.2 Å². The van der Waals surface area contributed by atoms with E-state index in [-0.39, 0.29) is 11.4 Å². The molecule has 2 heterocycles. The van der Waals surface area contributed by atoms with Crippen LogP contribution in [0.15, 0.2) is 21.3 Å². The molecular weight excluding hydrogens is 302 g/mol. The second-order valence-corrected chi connectivity index (χ2v) is 7.48. The molecule has 4 nitrogen and oxygen atoms in total. The molecule has 1 saturated heterocycles. The summed E-state index contributed by atoms with van der Waals surface area (Å²) in [6.07, 6.45) is 7.67. The van der Waals surface area contributed by atoms with E-state index in [1.54, 1.807) is 6.07 Å². The Balaban J connectivity index is 1.84. The lowest BCUT2D eigenvalue weighted by molar-refractivity contribution is -0.941. The second kappa shape index (κ2) is 6.25. The summed E-state index contributed by atoms with van der Waals surface area (Å²) in [4.78, 5) is 13.9. The highest BCUT2D eigenvalue weighted by Crippen LogP contribution is 2.32. The second-order valence-electron chi connectivity index (χ2n) is 7.48. The van der Waals surface area contributed by atoms with Crippen molar-refractivity contribution in [1.29, 1.82) is 0 Å². The summed E-state index contributed by atoms with van der Waals surface area (Å²) in [6, 6.07) is 4.29. The third-order valence-corrected chi connectivity index (χ3v) is 5.96. The Labute approximate surface area is 142 Å². The maximum absolute atomic E-state index is 12.4. The van der Waals surface area contributed by atoms with Gasteiger partial charge in [0.25, 0.3) is 0 Å². The number of phenolic OH excluding ortho intramolecular Hbond substituents is 1. The Hall–Kier alpha value is -1.81. The van der Waals surface area contributed by atoms with Gasteiger partial charge in [-0.3, -0.25) is 0 Å². The maximum atomic E-state index is 12.4. The number of aromatic hydroxyl groups is 1. The van der Waals surface area contributed by atoms with Gasteiger partial charge >= 0.3 is 5.63 Å². The normalized spacial score (nSPS) is 24.0. The predicted molar refractivity (Wildman–Crippen MR) is 93.6 cm³/mol. The molecule has 1 aromatic heterocycles.